The summed E-state index contributed by atoms with van der Waals surface area (Å²) < 4.78 is 11.3. The molecule has 3 aromatic carbocycles. The fraction of sp³-hybridized carbons (Fsp3) is 0.214. The van der Waals surface area contributed by atoms with E-state index < -0.39 is 47.1 Å². The fourth-order valence-electron chi connectivity index (χ4n) is 4.36. The molecule has 0 bridgehead atoms. The molecular formula is C28H24N2O6S. The highest BCUT2D eigenvalue weighted by Crippen LogP contribution is 2.38. The Morgan fingerprint density at radius 2 is 1.46 bits per heavy atom. The highest BCUT2D eigenvalue weighted by atomic mass is 32.2. The third-order valence-electron chi connectivity index (χ3n) is 6.15. The van der Waals surface area contributed by atoms with Crippen LogP contribution in [0.25, 0.3) is 0 Å². The summed E-state index contributed by atoms with van der Waals surface area (Å²) in [6, 6.07) is 25.1. The molecule has 1 N–H and O–H groups in total. The van der Waals surface area contributed by atoms with Gasteiger partial charge >= 0.3 is 5.97 Å². The second kappa shape index (κ2) is 10.9. The number of nitrogens with one attached hydrogen (secondary N) is 1. The van der Waals surface area contributed by atoms with Crippen LogP contribution in [0, 0.1) is 0 Å². The second-order valence-electron chi connectivity index (χ2n) is 8.60. The van der Waals surface area contributed by atoms with Gasteiger partial charge in [0.25, 0.3) is 5.91 Å². The van der Waals surface area contributed by atoms with Crippen LogP contribution in [0.1, 0.15) is 17.2 Å². The molecule has 37 heavy (non-hydrogen) atoms. The first kappa shape index (κ1) is 24.6. The molecule has 3 atom stereocenters. The molecule has 188 valence electrons. The van der Waals surface area contributed by atoms with Crippen molar-refractivity contribution in [2.45, 2.75) is 23.6 Å². The number of carbonyl (C=O) groups is 4. The van der Waals surface area contributed by atoms with Gasteiger partial charge in [0.05, 0.1) is 5.75 Å². The Kier molecular flexibility index (Phi) is 7.23. The van der Waals surface area contributed by atoms with Gasteiger partial charge < -0.3 is 19.7 Å². The summed E-state index contributed by atoms with van der Waals surface area (Å²) in [5.41, 5.74) is 1.49. The van der Waals surface area contributed by atoms with Crippen LogP contribution in [0.4, 0.5) is 0 Å². The van der Waals surface area contributed by atoms with Crippen molar-refractivity contribution in [3.63, 3.8) is 0 Å². The highest BCUT2D eigenvalue weighted by Gasteiger charge is 2.58. The van der Waals surface area contributed by atoms with Gasteiger partial charge in [-0.25, -0.2) is 4.79 Å². The Labute approximate surface area is 217 Å². The average molecular weight is 517 g/mol. The molecule has 2 amide bonds. The second-order valence-corrected chi connectivity index (χ2v) is 9.71. The predicted octanol–water partition coefficient (Wildman–Crippen LogP) is 2.74. The molecule has 3 aromatic rings. The van der Waals surface area contributed by atoms with Crippen LogP contribution in [0.15, 0.2) is 91.0 Å². The molecule has 5 rings (SSSR count). The zero-order chi connectivity index (χ0) is 25.8. The number of ketones is 1. The topological polar surface area (TPSA) is 102 Å². The number of carbonyl (C=O) groups excluding carboxylic acids is 4. The zero-order valence-electron chi connectivity index (χ0n) is 19.7. The van der Waals surface area contributed by atoms with E-state index in [-0.39, 0.29) is 12.4 Å². The first-order valence-electron chi connectivity index (χ1n) is 11.8. The molecule has 9 heteroatoms. The fourth-order valence-corrected chi connectivity index (χ4v) is 5.62. The minimum atomic E-state index is -1.36. The number of amides is 2. The van der Waals surface area contributed by atoms with E-state index >= 15 is 0 Å². The third-order valence-corrected chi connectivity index (χ3v) is 7.44. The summed E-state index contributed by atoms with van der Waals surface area (Å²) in [5.74, 6) is -1.60. The summed E-state index contributed by atoms with van der Waals surface area (Å²) in [7, 11) is 0. The summed E-state index contributed by atoms with van der Waals surface area (Å²) in [4.78, 5) is 52.7. The standard InChI is InChI=1S/C28H24N2O6S/c31-21-17-37-27-23(29-22(32)16-35-20-14-8-3-9-15-20)26(33)30(27)24(21)28(34)36-25(18-10-4-1-5-11-18)19-12-6-2-7-13-19/h1-15,23-25,27H,16-17H2,(H,29,32)/t23-,24-,27+/m1/s1. The molecule has 0 aromatic heterocycles. The Bertz CT molecular complexity index is 1250. The van der Waals surface area contributed by atoms with Crippen molar-refractivity contribution >= 4 is 35.3 Å². The monoisotopic (exact) mass is 516 g/mol. The summed E-state index contributed by atoms with van der Waals surface area (Å²) in [5, 5.41) is 2.12. The van der Waals surface area contributed by atoms with E-state index in [0.717, 1.165) is 11.1 Å². The number of para-hydroxylation sites is 1. The van der Waals surface area contributed by atoms with Gasteiger partial charge in [0.2, 0.25) is 5.91 Å². The first-order chi connectivity index (χ1) is 18.0. The number of esters is 1. The number of thioether (sulfide) groups is 1. The van der Waals surface area contributed by atoms with E-state index in [9.17, 15) is 19.2 Å². The maximum Gasteiger partial charge on any atom is 0.337 e. The molecule has 0 unspecified atom stereocenters. The Morgan fingerprint density at radius 3 is 2.05 bits per heavy atom. The van der Waals surface area contributed by atoms with Crippen LogP contribution in [-0.2, 0) is 23.9 Å². The van der Waals surface area contributed by atoms with Crippen molar-refractivity contribution in [2.24, 2.45) is 0 Å². The SMILES string of the molecule is O=C(COc1ccccc1)N[C@@H]1C(=O)N2[C@@H](C(=O)OC(c3ccccc3)c3ccccc3)C(=O)CS[C@@H]12. The van der Waals surface area contributed by atoms with Crippen LogP contribution in [-0.4, -0.2) is 58.3 Å². The molecule has 2 aliphatic heterocycles. The van der Waals surface area contributed by atoms with Gasteiger partial charge in [0.15, 0.2) is 24.5 Å². The quantitative estimate of drug-likeness (QED) is 0.279. The van der Waals surface area contributed by atoms with Crippen molar-refractivity contribution in [3.8, 4) is 5.75 Å². The lowest BCUT2D eigenvalue weighted by molar-refractivity contribution is -0.170. The number of rotatable bonds is 8. The summed E-state index contributed by atoms with van der Waals surface area (Å²) in [6.07, 6.45) is -0.738. The lowest BCUT2D eigenvalue weighted by Crippen LogP contribution is -2.76. The molecular weight excluding hydrogens is 492 g/mol. The molecule has 0 aliphatic carbocycles. The minimum absolute atomic E-state index is 0.0302. The zero-order valence-corrected chi connectivity index (χ0v) is 20.5. The van der Waals surface area contributed by atoms with Gasteiger partial charge in [-0.1, -0.05) is 78.9 Å². The molecule has 2 fully saturated rings. The number of hydrogen-bond donors (Lipinski definition) is 1. The van der Waals surface area contributed by atoms with Gasteiger partial charge in [-0.05, 0) is 23.3 Å². The maximum atomic E-state index is 13.3. The number of fused-ring (bicyclic) bond motifs is 1. The van der Waals surface area contributed by atoms with Gasteiger partial charge in [0, 0.05) is 0 Å². The predicted molar refractivity (Wildman–Crippen MR) is 137 cm³/mol. The number of benzene rings is 3. The Morgan fingerprint density at radius 1 is 0.892 bits per heavy atom. The normalized spacial score (nSPS) is 20.6. The molecule has 0 radical (unpaired) electrons. The number of Topliss-reactive ketones (excluding diaryl/α,β-unsaturated/α-hetero) is 1. The van der Waals surface area contributed by atoms with E-state index in [1.165, 1.54) is 16.7 Å². The van der Waals surface area contributed by atoms with Crippen molar-refractivity contribution < 1.29 is 28.7 Å². The van der Waals surface area contributed by atoms with Crippen LogP contribution in [0.5, 0.6) is 5.75 Å². The first-order valence-corrected chi connectivity index (χ1v) is 12.8. The van der Waals surface area contributed by atoms with Crippen molar-refractivity contribution in [1.29, 1.82) is 0 Å². The van der Waals surface area contributed by atoms with Gasteiger partial charge in [-0.15, -0.1) is 11.8 Å². The van der Waals surface area contributed by atoms with Crippen molar-refractivity contribution in [3.05, 3.63) is 102 Å². The van der Waals surface area contributed by atoms with Crippen molar-refractivity contribution in [2.75, 3.05) is 12.4 Å². The Balaban J connectivity index is 1.27. The van der Waals surface area contributed by atoms with E-state index in [1.807, 2.05) is 66.7 Å². The number of ether oxygens (including phenoxy) is 2. The number of β-lactam (4-membered cyclic amide) rings is 1. The van der Waals surface area contributed by atoms with Crippen LogP contribution >= 0.6 is 11.8 Å². The molecule has 0 saturated carbocycles. The van der Waals surface area contributed by atoms with Gasteiger partial charge in [-0.3, -0.25) is 14.4 Å². The van der Waals surface area contributed by atoms with E-state index in [1.54, 1.807) is 24.3 Å². The van der Waals surface area contributed by atoms with Gasteiger partial charge in [-0.2, -0.15) is 0 Å². The summed E-state index contributed by atoms with van der Waals surface area (Å²) >= 11 is 1.21. The number of nitrogens with zero attached hydrogens (tertiary/aromatic N) is 1. The van der Waals surface area contributed by atoms with Crippen LogP contribution in [0.2, 0.25) is 0 Å². The molecule has 2 heterocycles. The maximum absolute atomic E-state index is 13.3. The van der Waals surface area contributed by atoms with Crippen LogP contribution in [0.3, 0.4) is 0 Å². The molecule has 8 nitrogen and oxygen atoms in total. The average Bonchev–Trinajstić information content (AvgIpc) is 2.94. The smallest absolute Gasteiger partial charge is 0.337 e. The minimum Gasteiger partial charge on any atom is -0.484 e. The van der Waals surface area contributed by atoms with E-state index in [4.69, 9.17) is 9.47 Å². The highest BCUT2D eigenvalue weighted by molar-refractivity contribution is 8.00. The number of hydrogen-bond acceptors (Lipinski definition) is 7. The molecule has 2 aliphatic rings. The molecule has 2 saturated heterocycles. The largest absolute Gasteiger partial charge is 0.484 e. The third kappa shape index (κ3) is 5.22. The lowest BCUT2D eigenvalue weighted by atomic mass is 9.99. The van der Waals surface area contributed by atoms with Gasteiger partial charge in [0.1, 0.15) is 17.2 Å². The van der Waals surface area contributed by atoms with Crippen molar-refractivity contribution in [1.82, 2.24) is 10.2 Å². The van der Waals surface area contributed by atoms with Crippen LogP contribution < -0.4 is 10.1 Å². The molecule has 0 spiro atoms. The van der Waals surface area contributed by atoms with E-state index in [0.29, 0.717) is 5.75 Å². The van der Waals surface area contributed by atoms with E-state index in [2.05, 4.69) is 5.32 Å². The Hall–Kier alpha value is -4.11. The summed E-state index contributed by atoms with van der Waals surface area (Å²) in [6.45, 7) is -0.259. The lowest BCUT2D eigenvalue weighted by Gasteiger charge is -2.51.